The van der Waals surface area contributed by atoms with E-state index in [9.17, 15) is 0 Å². The number of aromatic nitrogens is 8. The summed E-state index contributed by atoms with van der Waals surface area (Å²) in [5, 5.41) is 46.9. The van der Waals surface area contributed by atoms with E-state index in [1.165, 1.54) is 33.4 Å². The van der Waals surface area contributed by atoms with Gasteiger partial charge in [0.1, 0.15) is 12.7 Å². The molecule has 2 atom stereocenters. The van der Waals surface area contributed by atoms with Crippen molar-refractivity contribution >= 4 is 83.7 Å². The molecule has 2 N–H and O–H groups in total. The molecule has 2 unspecified atom stereocenters. The summed E-state index contributed by atoms with van der Waals surface area (Å²) in [7, 11) is 8.94. The molecule has 108 heavy (non-hydrogen) atoms. The summed E-state index contributed by atoms with van der Waals surface area (Å²) in [5.41, 5.74) is 18.7. The van der Waals surface area contributed by atoms with Crippen LogP contribution in [0.4, 0.5) is 0 Å². The first-order valence-electron chi connectivity index (χ1n) is 35.9. The van der Waals surface area contributed by atoms with Crippen molar-refractivity contribution in [2.45, 2.75) is 53.5 Å². The molecule has 529 valence electrons. The van der Waals surface area contributed by atoms with Crippen LogP contribution >= 0.6 is 18.2 Å². The maximum Gasteiger partial charge on any atom is 0.248 e. The van der Waals surface area contributed by atoms with Crippen molar-refractivity contribution in [3.8, 4) is 108 Å². The van der Waals surface area contributed by atoms with E-state index in [4.69, 9.17) is 41.0 Å². The Balaban J connectivity index is 0.000000141. The van der Waals surface area contributed by atoms with E-state index in [0.29, 0.717) is 42.9 Å². The monoisotopic (exact) mass is 1450 g/mol. The van der Waals surface area contributed by atoms with Gasteiger partial charge in [0, 0.05) is 56.8 Å². The molecule has 5 aromatic heterocycles. The summed E-state index contributed by atoms with van der Waals surface area (Å²) in [6, 6.07) is 100.0. The Morgan fingerprint density at radius 1 is 0.435 bits per heavy atom. The van der Waals surface area contributed by atoms with Gasteiger partial charge in [-0.2, -0.15) is 18.2 Å². The smallest absolute Gasteiger partial charge is 0.248 e. The summed E-state index contributed by atoms with van der Waals surface area (Å²) in [4.78, 5) is 9.81. The molecule has 0 amide bonds. The summed E-state index contributed by atoms with van der Waals surface area (Å²) < 4.78 is 34.6. The fourth-order valence-corrected chi connectivity index (χ4v) is 12.2. The van der Waals surface area contributed by atoms with Crippen molar-refractivity contribution in [2.75, 3.05) is 7.11 Å². The molecular formula is C89H79B3N9O5P2. The maximum absolute atomic E-state index is 9.17. The van der Waals surface area contributed by atoms with Gasteiger partial charge in [0.15, 0.2) is 0 Å². The van der Waals surface area contributed by atoms with Gasteiger partial charge >= 0.3 is 14.3 Å². The van der Waals surface area contributed by atoms with Crippen LogP contribution in [0.25, 0.3) is 145 Å². The molecule has 14 nitrogen and oxygen atoms in total. The predicted octanol–water partition coefficient (Wildman–Crippen LogP) is 21.8. The van der Waals surface area contributed by atoms with Gasteiger partial charge in [0.05, 0.1) is 32.3 Å². The number of methoxy groups -OCH3 is 1. The Bertz CT molecular complexity index is 5570. The van der Waals surface area contributed by atoms with Crippen LogP contribution in [0, 0.1) is 19.2 Å². The molecule has 0 aliphatic carbocycles. The number of pyridine rings is 2. The van der Waals surface area contributed by atoms with Crippen LogP contribution in [0.5, 0.6) is 5.75 Å². The Kier molecular flexibility index (Phi) is 25.7. The van der Waals surface area contributed by atoms with Crippen molar-refractivity contribution in [3.05, 3.63) is 320 Å². The summed E-state index contributed by atoms with van der Waals surface area (Å²) in [6.07, 6.45) is 0. The Labute approximate surface area is 639 Å². The third-order valence-electron chi connectivity index (χ3n) is 17.4. The van der Waals surface area contributed by atoms with Gasteiger partial charge in [-0.15, -0.1) is 30.6 Å². The number of benzene rings is 12. The Morgan fingerprint density at radius 2 is 0.778 bits per heavy atom. The van der Waals surface area contributed by atoms with E-state index in [-0.39, 0.29) is 21.1 Å². The molecule has 17 rings (SSSR count). The molecule has 0 bridgehead atoms. The molecule has 0 spiro atoms. The van der Waals surface area contributed by atoms with Gasteiger partial charge in [0.2, 0.25) is 35.3 Å². The second-order valence-corrected chi connectivity index (χ2v) is 26.4. The molecule has 3 radical (unpaired) electrons. The van der Waals surface area contributed by atoms with E-state index in [1.807, 2.05) is 165 Å². The first kappa shape index (κ1) is 74.3. The minimum atomic E-state index is -0.167. The van der Waals surface area contributed by atoms with Crippen LogP contribution in [0.3, 0.4) is 0 Å². The average Bonchev–Trinajstić information content (AvgIpc) is 0.818. The summed E-state index contributed by atoms with van der Waals surface area (Å²) >= 11 is 0. The van der Waals surface area contributed by atoms with E-state index < -0.39 is 0 Å². The number of nitrogens with one attached hydrogen (secondary N) is 1. The van der Waals surface area contributed by atoms with Gasteiger partial charge in [-0.3, -0.25) is 9.97 Å². The second kappa shape index (κ2) is 37.3. The van der Waals surface area contributed by atoms with Crippen LogP contribution in [-0.2, 0) is 12.0 Å². The van der Waals surface area contributed by atoms with Crippen molar-refractivity contribution in [1.29, 1.82) is 7.93 Å². The van der Waals surface area contributed by atoms with Crippen LogP contribution in [-0.4, -0.2) is 77.6 Å². The number of ether oxygens (including phenoxy) is 1. The molecular weight excluding hydrogens is 1370 g/mol. The zero-order chi connectivity index (χ0) is 77.4. The van der Waals surface area contributed by atoms with Gasteiger partial charge in [-0.05, 0) is 164 Å². The van der Waals surface area contributed by atoms with Crippen LogP contribution in [0.15, 0.2) is 311 Å². The maximum atomic E-state index is 9.17. The normalized spacial score (nSPS) is 10.9. The fraction of sp³-hybridized carbons (Fsp3) is 0.101. The first-order chi connectivity index (χ1) is 53.6. The van der Waals surface area contributed by atoms with Crippen molar-refractivity contribution < 1.29 is 23.1 Å². The molecule has 0 fully saturated rings. The minimum Gasteiger partial charge on any atom is -0.416 e. The van der Waals surface area contributed by atoms with E-state index in [1.54, 1.807) is 7.11 Å². The van der Waals surface area contributed by atoms with Gasteiger partial charge in [0.25, 0.3) is 0 Å². The minimum absolute atomic E-state index is 0.0231. The number of hydrogen-bond donors (Lipinski definition) is 2. The molecule has 17 aromatic rings. The molecule has 12 aromatic carbocycles. The van der Waals surface area contributed by atoms with Crippen LogP contribution in [0.2, 0.25) is 6.82 Å². The molecule has 5 heterocycles. The van der Waals surface area contributed by atoms with Crippen LogP contribution < -0.4 is 4.74 Å². The number of aryl methyl sites for hydroxylation is 2. The molecule has 19 heteroatoms. The summed E-state index contributed by atoms with van der Waals surface area (Å²) in [6.45, 7) is 14.6. The van der Waals surface area contributed by atoms with Crippen molar-refractivity contribution in [2.24, 2.45) is 0 Å². The fourth-order valence-electron chi connectivity index (χ4n) is 12.2. The van der Waals surface area contributed by atoms with E-state index >= 15 is 0 Å². The van der Waals surface area contributed by atoms with Crippen molar-refractivity contribution in [1.82, 2.24) is 40.6 Å². The predicted molar refractivity (Wildman–Crippen MR) is 451 cm³/mol. The van der Waals surface area contributed by atoms with Gasteiger partial charge in [-0.25, -0.2) is 0 Å². The molecule has 0 saturated heterocycles. The van der Waals surface area contributed by atoms with Gasteiger partial charge < -0.3 is 23.1 Å². The quantitative estimate of drug-likeness (QED) is 0.0706. The van der Waals surface area contributed by atoms with Crippen LogP contribution in [0.1, 0.15) is 43.3 Å². The van der Waals surface area contributed by atoms with E-state index in [0.717, 1.165) is 105 Å². The number of hydrogen-bond acceptors (Lipinski definition) is 14. The Morgan fingerprint density at radius 3 is 1.22 bits per heavy atom. The average molecular weight is 1450 g/mol. The topological polar surface area (TPSA) is 196 Å². The zero-order valence-electron chi connectivity index (χ0n) is 63.0. The number of aliphatic hydroxyl groups excluding tert-OH is 1. The largest absolute Gasteiger partial charge is 0.416 e. The number of fused-ring (bicyclic) bond motifs is 5. The Hall–Kier alpha value is -12.0. The molecule has 0 aliphatic heterocycles. The van der Waals surface area contributed by atoms with Crippen molar-refractivity contribution in [3.63, 3.8) is 0 Å². The number of rotatable bonds is 11. The third kappa shape index (κ3) is 18.8. The van der Waals surface area contributed by atoms with E-state index in [2.05, 4.69) is 227 Å². The number of aliphatic hydroxyl groups is 1. The first-order valence-corrected chi connectivity index (χ1v) is 36.1. The molecule has 0 aliphatic rings. The molecule has 0 saturated carbocycles. The SMILES string of the molecule is CC(C)(C)c1ccc(-c2nnc(-c3ccc(-c4ccccc4)cc3)o2)cc1.COc1cccc(-c2nnc(-c3cccc(CO)c3)o2)c1.C[B]P.Cc1cc(-c2ccccc2)c2ccc3c(-c4ccccc4)cc(C)nc3c2n1.[2H]B=N.[2H]P[B].c1ccc2c(-c3nnc(-c4cccc5ccccc45)o3)cccc2c1. The second-order valence-electron chi connectivity index (χ2n) is 25.7. The third-order valence-corrected chi connectivity index (χ3v) is 17.4. The summed E-state index contributed by atoms with van der Waals surface area (Å²) in [5.74, 6) is 3.73. The standard InChI is InChI=1S/C26H20N2.C24H22N2O.C22H14N2O.C16H14N2O3.CH5BP.BH2N.BH2P/c1-17-15-23(19-9-5-3-6-10-19)21-13-14-22-24(20-11-7-4-8-12-20)16-18(2)28-26(22)25(21)27-17;1-24(2,3)21-15-13-20(14-16-21)23-26-25-22(27-23)19-11-9-18(10-12-19)17-7-5-4-6-8-17;1-3-11-17-15(7-1)9-5-13-19(17)21-23-24-22(25-21)20-14-6-10-16-8-2-4-12-18(16)20;1-20-14-7-3-6-13(9-14)16-18-17-15(21-16)12-5-2-4-11(8-12)10-19;1-2-3;2*1-2/h3-16H,1-2H3;4-16H,1-3H3;1-14H;2-9,19H,10H2,1H3;3H2,1H3;1-2H;2H2/i;;;;;1D;2D. The van der Waals surface area contributed by atoms with Gasteiger partial charge in [-0.1, -0.05) is 246 Å². The zero-order valence-corrected chi connectivity index (χ0v) is 63.1. The number of nitrogens with zero attached hydrogens (tertiary/aromatic N) is 8.